The van der Waals surface area contributed by atoms with Crippen LogP contribution in [0.1, 0.15) is 6.42 Å². The van der Waals surface area contributed by atoms with Gasteiger partial charge in [0.05, 0.1) is 12.3 Å². The number of hydrogen-bond acceptors (Lipinski definition) is 4. The number of benzene rings is 2. The lowest BCUT2D eigenvalue weighted by Gasteiger charge is -2.14. The van der Waals surface area contributed by atoms with Crippen molar-refractivity contribution in [2.45, 2.75) is 6.42 Å². The number of rotatable bonds is 4. The van der Waals surface area contributed by atoms with Gasteiger partial charge in [0, 0.05) is 23.7 Å². The Morgan fingerprint density at radius 3 is 2.88 bits per heavy atom. The zero-order valence-electron chi connectivity index (χ0n) is 13.9. The number of anilines is 2. The Kier molecular flexibility index (Phi) is 5.01. The Balaban J connectivity index is 1.65. The molecule has 0 radical (unpaired) electrons. The van der Waals surface area contributed by atoms with Gasteiger partial charge in [0.15, 0.2) is 0 Å². The van der Waals surface area contributed by atoms with E-state index < -0.39 is 6.09 Å². The first-order chi connectivity index (χ1) is 11.6. The molecule has 1 unspecified atom stereocenters. The van der Waals surface area contributed by atoms with Crippen molar-refractivity contribution >= 4 is 17.5 Å². The Bertz CT molecular complexity index is 717. The summed E-state index contributed by atoms with van der Waals surface area (Å²) < 4.78 is 5.39. The number of ether oxygens (including phenoxy) is 1. The number of likely N-dealkylation sites (tertiary alicyclic amines) is 1. The van der Waals surface area contributed by atoms with E-state index in [2.05, 4.69) is 17.3 Å². The van der Waals surface area contributed by atoms with Gasteiger partial charge in [-0.05, 0) is 43.8 Å². The number of amides is 1. The average molecular weight is 325 g/mol. The predicted octanol–water partition coefficient (Wildman–Crippen LogP) is 3.44. The fourth-order valence-electron chi connectivity index (χ4n) is 3.05. The lowest BCUT2D eigenvalue weighted by atomic mass is 10.0. The number of nitrogens with two attached hydrogens (primary N) is 1. The molecule has 3 N–H and O–H groups in total. The average Bonchev–Trinajstić information content (AvgIpc) is 2.99. The third-order valence-electron chi connectivity index (χ3n) is 4.30. The third-order valence-corrected chi connectivity index (χ3v) is 4.30. The summed E-state index contributed by atoms with van der Waals surface area (Å²) in [5.41, 5.74) is 9.15. The van der Waals surface area contributed by atoms with Gasteiger partial charge in [-0.3, -0.25) is 5.32 Å². The van der Waals surface area contributed by atoms with Gasteiger partial charge < -0.3 is 15.4 Å². The van der Waals surface area contributed by atoms with Gasteiger partial charge in [0.1, 0.15) is 0 Å². The Morgan fingerprint density at radius 2 is 2.12 bits per heavy atom. The normalized spacial score (nSPS) is 17.6. The highest BCUT2D eigenvalue weighted by molar-refractivity contribution is 5.91. The number of hydrogen-bond donors (Lipinski definition) is 2. The molecular weight excluding hydrogens is 302 g/mol. The first-order valence-corrected chi connectivity index (χ1v) is 8.19. The van der Waals surface area contributed by atoms with Gasteiger partial charge in [0.25, 0.3) is 0 Å². The number of carbonyl (C=O) groups is 1. The SMILES string of the molecule is CN1CCC(COC(=O)Nc2ccccc2-c2cccc(N)c2)C1. The van der Waals surface area contributed by atoms with Crippen molar-refractivity contribution in [3.63, 3.8) is 0 Å². The summed E-state index contributed by atoms with van der Waals surface area (Å²) >= 11 is 0. The predicted molar refractivity (Wildman–Crippen MR) is 96.9 cm³/mol. The lowest BCUT2D eigenvalue weighted by molar-refractivity contribution is 0.142. The molecule has 0 spiro atoms. The van der Waals surface area contributed by atoms with E-state index in [1.807, 2.05) is 48.5 Å². The number of nitrogens with one attached hydrogen (secondary N) is 1. The number of nitrogens with zero attached hydrogens (tertiary/aromatic N) is 1. The number of para-hydroxylation sites is 1. The van der Waals surface area contributed by atoms with Crippen LogP contribution in [0.25, 0.3) is 11.1 Å². The number of carbonyl (C=O) groups excluding carboxylic acids is 1. The van der Waals surface area contributed by atoms with Gasteiger partial charge in [-0.1, -0.05) is 30.3 Å². The van der Waals surface area contributed by atoms with Gasteiger partial charge in [-0.15, -0.1) is 0 Å². The first-order valence-electron chi connectivity index (χ1n) is 8.19. The number of nitrogen functional groups attached to an aromatic ring is 1. The van der Waals surface area contributed by atoms with E-state index in [1.165, 1.54) is 0 Å². The summed E-state index contributed by atoms with van der Waals surface area (Å²) in [6, 6.07) is 15.2. The van der Waals surface area contributed by atoms with Gasteiger partial charge in [-0.25, -0.2) is 4.79 Å². The second kappa shape index (κ2) is 7.36. The minimum atomic E-state index is -0.416. The van der Waals surface area contributed by atoms with Gasteiger partial charge in [-0.2, -0.15) is 0 Å². The molecule has 2 aromatic carbocycles. The van der Waals surface area contributed by atoms with E-state index >= 15 is 0 Å². The minimum absolute atomic E-state index is 0.416. The highest BCUT2D eigenvalue weighted by atomic mass is 16.5. The van der Waals surface area contributed by atoms with Crippen molar-refractivity contribution in [3.8, 4) is 11.1 Å². The van der Waals surface area contributed by atoms with Crippen LogP contribution in [0.2, 0.25) is 0 Å². The molecule has 0 aromatic heterocycles. The van der Waals surface area contributed by atoms with Crippen molar-refractivity contribution in [1.29, 1.82) is 0 Å². The summed E-state index contributed by atoms with van der Waals surface area (Å²) in [5, 5.41) is 2.85. The Morgan fingerprint density at radius 1 is 1.29 bits per heavy atom. The molecule has 24 heavy (non-hydrogen) atoms. The largest absolute Gasteiger partial charge is 0.449 e. The van der Waals surface area contributed by atoms with Crippen LogP contribution in [-0.4, -0.2) is 37.7 Å². The first kappa shape index (κ1) is 16.3. The molecule has 1 aliphatic heterocycles. The molecule has 1 amide bonds. The summed E-state index contributed by atoms with van der Waals surface area (Å²) in [5.74, 6) is 0.421. The maximum absolute atomic E-state index is 12.1. The lowest BCUT2D eigenvalue weighted by Crippen LogP contribution is -2.21. The highest BCUT2D eigenvalue weighted by Crippen LogP contribution is 2.29. The summed E-state index contributed by atoms with van der Waals surface area (Å²) in [6.45, 7) is 2.50. The Labute approximate surface area is 142 Å². The molecule has 126 valence electrons. The molecule has 5 nitrogen and oxygen atoms in total. The van der Waals surface area contributed by atoms with Crippen molar-refractivity contribution < 1.29 is 9.53 Å². The van der Waals surface area contributed by atoms with E-state index in [1.54, 1.807) is 0 Å². The second-order valence-corrected chi connectivity index (χ2v) is 6.31. The van der Waals surface area contributed by atoms with Crippen molar-refractivity contribution in [3.05, 3.63) is 48.5 Å². The fourth-order valence-corrected chi connectivity index (χ4v) is 3.05. The van der Waals surface area contributed by atoms with Crippen LogP contribution < -0.4 is 11.1 Å². The summed E-state index contributed by atoms with van der Waals surface area (Å²) in [4.78, 5) is 14.4. The van der Waals surface area contributed by atoms with E-state index in [0.717, 1.165) is 36.3 Å². The van der Waals surface area contributed by atoms with Crippen molar-refractivity contribution in [1.82, 2.24) is 4.90 Å². The van der Waals surface area contributed by atoms with Crippen molar-refractivity contribution in [2.75, 3.05) is 37.8 Å². The van der Waals surface area contributed by atoms with E-state index in [9.17, 15) is 4.79 Å². The van der Waals surface area contributed by atoms with Crippen LogP contribution in [0.3, 0.4) is 0 Å². The van der Waals surface area contributed by atoms with Gasteiger partial charge >= 0.3 is 6.09 Å². The fraction of sp³-hybridized carbons (Fsp3) is 0.316. The molecular formula is C19H23N3O2. The topological polar surface area (TPSA) is 67.6 Å². The van der Waals surface area contributed by atoms with Crippen LogP contribution in [0.15, 0.2) is 48.5 Å². The van der Waals surface area contributed by atoms with Crippen LogP contribution in [0.5, 0.6) is 0 Å². The molecule has 5 heteroatoms. The van der Waals surface area contributed by atoms with E-state index in [0.29, 0.717) is 18.2 Å². The quantitative estimate of drug-likeness (QED) is 0.845. The summed E-state index contributed by atoms with van der Waals surface area (Å²) in [7, 11) is 2.09. The molecule has 1 aliphatic rings. The molecule has 2 aromatic rings. The van der Waals surface area contributed by atoms with Crippen LogP contribution >= 0.6 is 0 Å². The second-order valence-electron chi connectivity index (χ2n) is 6.31. The maximum Gasteiger partial charge on any atom is 0.411 e. The van der Waals surface area contributed by atoms with Gasteiger partial charge in [0.2, 0.25) is 0 Å². The monoisotopic (exact) mass is 325 g/mol. The molecule has 0 aliphatic carbocycles. The maximum atomic E-state index is 12.1. The molecule has 0 saturated carbocycles. The molecule has 1 heterocycles. The molecule has 1 fully saturated rings. The van der Waals surface area contributed by atoms with E-state index in [-0.39, 0.29) is 0 Å². The molecule has 0 bridgehead atoms. The zero-order chi connectivity index (χ0) is 16.9. The Hall–Kier alpha value is -2.53. The van der Waals surface area contributed by atoms with Crippen LogP contribution in [0, 0.1) is 5.92 Å². The molecule has 1 saturated heterocycles. The summed E-state index contributed by atoms with van der Waals surface area (Å²) in [6.07, 6.45) is 0.657. The van der Waals surface area contributed by atoms with Crippen LogP contribution in [-0.2, 0) is 4.74 Å². The third kappa shape index (κ3) is 4.06. The molecule has 3 rings (SSSR count). The van der Waals surface area contributed by atoms with Crippen LogP contribution in [0.4, 0.5) is 16.2 Å². The van der Waals surface area contributed by atoms with Crippen molar-refractivity contribution in [2.24, 2.45) is 5.92 Å². The zero-order valence-corrected chi connectivity index (χ0v) is 13.9. The smallest absolute Gasteiger partial charge is 0.411 e. The minimum Gasteiger partial charge on any atom is -0.449 e. The standard InChI is InChI=1S/C19H23N3O2/c1-22-10-9-14(12-22)13-24-19(23)21-18-8-3-2-7-17(18)15-5-4-6-16(20)11-15/h2-8,11,14H,9-10,12-13,20H2,1H3,(H,21,23). The molecule has 1 atom stereocenters. The highest BCUT2D eigenvalue weighted by Gasteiger charge is 2.21. The van der Waals surface area contributed by atoms with E-state index in [4.69, 9.17) is 10.5 Å².